The maximum Gasteiger partial charge on any atom is 0.0426 e. The number of hydrogen-bond acceptors (Lipinski definition) is 1. The van der Waals surface area contributed by atoms with E-state index in [0.717, 1.165) is 16.3 Å². The lowest BCUT2D eigenvalue weighted by Gasteiger charge is -2.04. The van der Waals surface area contributed by atoms with Gasteiger partial charge in [-0.2, -0.15) is 0 Å². The number of aryl methyl sites for hydroxylation is 1. The highest BCUT2D eigenvalue weighted by Gasteiger charge is 1.95. The maximum absolute atomic E-state index is 5.78. The van der Waals surface area contributed by atoms with E-state index in [9.17, 15) is 0 Å². The fraction of sp³-hybridized carbons (Fsp3) is 0.111. The van der Waals surface area contributed by atoms with Gasteiger partial charge in [0.25, 0.3) is 0 Å². The smallest absolute Gasteiger partial charge is 0.0426 e. The molecule has 1 N–H and O–H groups in total. The fourth-order valence-corrected chi connectivity index (χ4v) is 1.03. The van der Waals surface area contributed by atoms with Crippen LogP contribution < -0.4 is 5.32 Å². The number of anilines is 1. The maximum atomic E-state index is 5.78. The first-order valence-electron chi connectivity index (χ1n) is 3.37. The van der Waals surface area contributed by atoms with Gasteiger partial charge in [0.05, 0.1) is 0 Å². The molecule has 0 unspecified atom stereocenters. The summed E-state index contributed by atoms with van der Waals surface area (Å²) in [5, 5.41) is 3.73. The molecule has 1 aromatic carbocycles. The number of hydrogen-bond donors (Lipinski definition) is 1. The second-order valence-electron chi connectivity index (χ2n) is 2.31. The lowest BCUT2D eigenvalue weighted by molar-refractivity contribution is 1.44. The lowest BCUT2D eigenvalue weighted by Crippen LogP contribution is -1.88. The number of nitrogens with one attached hydrogen (secondary N) is 1. The van der Waals surface area contributed by atoms with Crippen LogP contribution >= 0.6 is 11.6 Å². The van der Waals surface area contributed by atoms with Crippen molar-refractivity contribution in [1.29, 1.82) is 0 Å². The third-order valence-corrected chi connectivity index (χ3v) is 1.69. The van der Waals surface area contributed by atoms with Crippen LogP contribution in [0, 0.1) is 6.92 Å². The Bertz CT molecular complexity index is 268. The molecular formula is C9H10ClN. The Kier molecular flexibility index (Phi) is 2.55. The monoisotopic (exact) mass is 167 g/mol. The van der Waals surface area contributed by atoms with Gasteiger partial charge < -0.3 is 5.32 Å². The van der Waals surface area contributed by atoms with Crippen molar-refractivity contribution in [3.05, 3.63) is 41.6 Å². The molecule has 0 fully saturated rings. The van der Waals surface area contributed by atoms with Gasteiger partial charge in [-0.3, -0.25) is 0 Å². The number of halogens is 1. The summed E-state index contributed by atoms with van der Waals surface area (Å²) in [6, 6.07) is 5.71. The largest absolute Gasteiger partial charge is 0.362 e. The molecule has 1 rings (SSSR count). The molecule has 11 heavy (non-hydrogen) atoms. The van der Waals surface area contributed by atoms with E-state index in [0.29, 0.717) is 0 Å². The zero-order chi connectivity index (χ0) is 8.27. The van der Waals surface area contributed by atoms with E-state index in [2.05, 4.69) is 11.9 Å². The minimum atomic E-state index is 0.736. The summed E-state index contributed by atoms with van der Waals surface area (Å²) in [6.45, 7) is 5.59. The van der Waals surface area contributed by atoms with Gasteiger partial charge in [0.15, 0.2) is 0 Å². The van der Waals surface area contributed by atoms with Crippen LogP contribution in [0.2, 0.25) is 5.02 Å². The van der Waals surface area contributed by atoms with Gasteiger partial charge in [-0.15, -0.1) is 0 Å². The van der Waals surface area contributed by atoms with E-state index in [1.807, 2.05) is 25.1 Å². The molecule has 58 valence electrons. The number of rotatable bonds is 2. The van der Waals surface area contributed by atoms with Crippen LogP contribution in [-0.2, 0) is 0 Å². The molecule has 0 amide bonds. The zero-order valence-electron chi connectivity index (χ0n) is 6.39. The summed E-state index contributed by atoms with van der Waals surface area (Å²) in [6.07, 6.45) is 1.64. The van der Waals surface area contributed by atoms with Gasteiger partial charge in [-0.1, -0.05) is 24.2 Å². The topological polar surface area (TPSA) is 12.0 Å². The summed E-state index contributed by atoms with van der Waals surface area (Å²) in [4.78, 5) is 0. The SMILES string of the molecule is C=CNc1cc(Cl)ccc1C. The molecule has 0 saturated heterocycles. The van der Waals surface area contributed by atoms with E-state index in [4.69, 9.17) is 11.6 Å². The van der Waals surface area contributed by atoms with Crippen molar-refractivity contribution in [2.75, 3.05) is 5.32 Å². The van der Waals surface area contributed by atoms with Gasteiger partial charge in [0.1, 0.15) is 0 Å². The van der Waals surface area contributed by atoms with Gasteiger partial charge in [0.2, 0.25) is 0 Å². The van der Waals surface area contributed by atoms with Crippen molar-refractivity contribution in [2.24, 2.45) is 0 Å². The molecule has 1 nitrogen and oxygen atoms in total. The van der Waals surface area contributed by atoms with Crippen molar-refractivity contribution in [2.45, 2.75) is 6.92 Å². The van der Waals surface area contributed by atoms with Crippen LogP contribution in [0.3, 0.4) is 0 Å². The van der Waals surface area contributed by atoms with Crippen LogP contribution in [0.5, 0.6) is 0 Å². The molecule has 1 aromatic rings. The summed E-state index contributed by atoms with van der Waals surface area (Å²) in [7, 11) is 0. The van der Waals surface area contributed by atoms with Crippen LogP contribution in [0.1, 0.15) is 5.56 Å². The Hall–Kier alpha value is -0.950. The third kappa shape index (κ3) is 1.99. The second kappa shape index (κ2) is 3.44. The molecule has 0 radical (unpaired) electrons. The van der Waals surface area contributed by atoms with Crippen LogP contribution in [0.15, 0.2) is 31.0 Å². The van der Waals surface area contributed by atoms with Gasteiger partial charge >= 0.3 is 0 Å². The highest BCUT2D eigenvalue weighted by Crippen LogP contribution is 2.19. The minimum absolute atomic E-state index is 0.736. The summed E-state index contributed by atoms with van der Waals surface area (Å²) >= 11 is 5.78. The summed E-state index contributed by atoms with van der Waals surface area (Å²) in [5.74, 6) is 0. The average molecular weight is 168 g/mol. The van der Waals surface area contributed by atoms with Crippen molar-refractivity contribution in [1.82, 2.24) is 0 Å². The Labute approximate surface area is 71.7 Å². The van der Waals surface area contributed by atoms with Crippen molar-refractivity contribution >= 4 is 17.3 Å². The molecule has 2 heteroatoms. The predicted octanol–water partition coefficient (Wildman–Crippen LogP) is 3.20. The average Bonchev–Trinajstić information content (AvgIpc) is 1.98. The van der Waals surface area contributed by atoms with Crippen molar-refractivity contribution in [3.8, 4) is 0 Å². The van der Waals surface area contributed by atoms with Crippen LogP contribution in [0.25, 0.3) is 0 Å². The molecule has 0 aromatic heterocycles. The third-order valence-electron chi connectivity index (χ3n) is 1.46. The Morgan fingerprint density at radius 1 is 1.55 bits per heavy atom. The predicted molar refractivity (Wildman–Crippen MR) is 50.0 cm³/mol. The highest BCUT2D eigenvalue weighted by atomic mass is 35.5. The van der Waals surface area contributed by atoms with Gasteiger partial charge in [-0.05, 0) is 30.8 Å². The molecule has 0 aliphatic carbocycles. The molecule has 0 aliphatic rings. The Balaban J connectivity index is 3.01. The van der Waals surface area contributed by atoms with E-state index < -0.39 is 0 Å². The first-order valence-corrected chi connectivity index (χ1v) is 3.75. The second-order valence-corrected chi connectivity index (χ2v) is 2.74. The van der Waals surface area contributed by atoms with Crippen molar-refractivity contribution in [3.63, 3.8) is 0 Å². The quantitative estimate of drug-likeness (QED) is 0.714. The van der Waals surface area contributed by atoms with Crippen LogP contribution in [0.4, 0.5) is 5.69 Å². The van der Waals surface area contributed by atoms with E-state index in [1.165, 1.54) is 0 Å². The lowest BCUT2D eigenvalue weighted by atomic mass is 10.2. The first-order chi connectivity index (χ1) is 5.24. The van der Waals surface area contributed by atoms with Gasteiger partial charge in [0, 0.05) is 10.7 Å². The fourth-order valence-electron chi connectivity index (χ4n) is 0.860. The van der Waals surface area contributed by atoms with E-state index >= 15 is 0 Å². The van der Waals surface area contributed by atoms with E-state index in [-0.39, 0.29) is 0 Å². The zero-order valence-corrected chi connectivity index (χ0v) is 7.15. The Morgan fingerprint density at radius 3 is 2.91 bits per heavy atom. The molecule has 0 spiro atoms. The summed E-state index contributed by atoms with van der Waals surface area (Å²) in [5.41, 5.74) is 2.17. The normalized spacial score (nSPS) is 9.27. The number of benzene rings is 1. The minimum Gasteiger partial charge on any atom is -0.362 e. The molecule has 0 bridgehead atoms. The Morgan fingerprint density at radius 2 is 2.27 bits per heavy atom. The highest BCUT2D eigenvalue weighted by molar-refractivity contribution is 6.30. The standard InChI is InChI=1S/C9H10ClN/c1-3-11-9-6-8(10)5-4-7(9)2/h3-6,11H,1H2,2H3. The van der Waals surface area contributed by atoms with Crippen LogP contribution in [-0.4, -0.2) is 0 Å². The molecule has 0 aliphatic heterocycles. The summed E-state index contributed by atoms with van der Waals surface area (Å²) < 4.78 is 0. The molecule has 0 atom stereocenters. The van der Waals surface area contributed by atoms with Gasteiger partial charge in [-0.25, -0.2) is 0 Å². The first kappa shape index (κ1) is 8.15. The van der Waals surface area contributed by atoms with E-state index in [1.54, 1.807) is 6.20 Å². The molecule has 0 saturated carbocycles. The molecular weight excluding hydrogens is 158 g/mol. The molecule has 0 heterocycles. The van der Waals surface area contributed by atoms with Crippen molar-refractivity contribution < 1.29 is 0 Å².